The van der Waals surface area contributed by atoms with E-state index in [0.29, 0.717) is 17.8 Å². The van der Waals surface area contributed by atoms with Crippen LogP contribution in [-0.2, 0) is 6.54 Å². The number of halogens is 1. The summed E-state index contributed by atoms with van der Waals surface area (Å²) in [5.41, 5.74) is 1.29. The fourth-order valence-corrected chi connectivity index (χ4v) is 1.48. The number of hydrogen-bond donors (Lipinski definition) is 1. The molecule has 0 unspecified atom stereocenters. The first kappa shape index (κ1) is 8.26. The Kier molecular flexibility index (Phi) is 2.02. The van der Waals surface area contributed by atoms with Gasteiger partial charge in [-0.15, -0.1) is 0 Å². The molecule has 1 aromatic heterocycles. The Morgan fingerprint density at radius 2 is 2.15 bits per heavy atom. The number of hydrogen-bond acceptors (Lipinski definition) is 1. The summed E-state index contributed by atoms with van der Waals surface area (Å²) in [5, 5.41) is 3.86. The molecular weight excluding hydrogens is 167 g/mol. The summed E-state index contributed by atoms with van der Waals surface area (Å²) in [6.45, 7) is 0.547. The van der Waals surface area contributed by atoms with Crippen molar-refractivity contribution in [1.29, 1.82) is 0 Å². The molecule has 0 saturated heterocycles. The third-order valence-corrected chi connectivity index (χ3v) is 2.08. The van der Waals surface area contributed by atoms with Crippen LogP contribution in [0.5, 0.6) is 0 Å². The molecule has 68 valence electrons. The van der Waals surface area contributed by atoms with E-state index in [2.05, 4.69) is 5.32 Å². The molecule has 0 aliphatic heterocycles. The smallest absolute Gasteiger partial charge is 0.0816 e. The molecule has 1 heterocycles. The molecule has 0 spiro atoms. The minimum absolute atomic E-state index is 0.547. The summed E-state index contributed by atoms with van der Waals surface area (Å²) in [4.78, 5) is 0.728. The molecule has 0 atom stereocenters. The van der Waals surface area contributed by atoms with Crippen molar-refractivity contribution in [1.82, 2.24) is 10.1 Å². The number of benzene rings is 1. The van der Waals surface area contributed by atoms with Crippen molar-refractivity contribution in [2.24, 2.45) is 0 Å². The Morgan fingerprint density at radius 1 is 1.38 bits per heavy atom. The maximum atomic E-state index is 13.5. The van der Waals surface area contributed by atoms with Crippen LogP contribution in [0.3, 0.4) is 0 Å². The van der Waals surface area contributed by atoms with Crippen molar-refractivity contribution >= 4 is 10.9 Å². The van der Waals surface area contributed by atoms with Crippen LogP contribution in [0.25, 0.3) is 10.9 Å². The summed E-state index contributed by atoms with van der Waals surface area (Å²) in [5.74, 6) is 0. The molecule has 0 fully saturated rings. The van der Waals surface area contributed by atoms with Crippen molar-refractivity contribution in [2.45, 2.75) is 6.54 Å². The van der Waals surface area contributed by atoms with E-state index in [-0.39, 0.29) is 0 Å². The zero-order valence-corrected chi connectivity index (χ0v) is 7.42. The highest BCUT2D eigenvalue weighted by Gasteiger charge is 2.05. The average Bonchev–Trinajstić information content (AvgIpc) is 2.46. The highest BCUT2D eigenvalue weighted by Crippen LogP contribution is 2.19. The summed E-state index contributed by atoms with van der Waals surface area (Å²) in [6.07, 6.45) is 0. The van der Waals surface area contributed by atoms with Gasteiger partial charge >= 0.3 is 0 Å². The van der Waals surface area contributed by atoms with E-state index in [0.717, 1.165) is 10.2 Å². The van der Waals surface area contributed by atoms with E-state index in [1.165, 1.54) is 0 Å². The van der Waals surface area contributed by atoms with Crippen LogP contribution in [0.2, 0.25) is 0 Å². The monoisotopic (exact) mass is 178 g/mol. The van der Waals surface area contributed by atoms with Crippen LogP contribution in [0.1, 0.15) is 5.69 Å². The normalized spacial score (nSPS) is 10.9. The van der Waals surface area contributed by atoms with Gasteiger partial charge in [0.25, 0.3) is 0 Å². The predicted octanol–water partition coefficient (Wildman–Crippen LogP) is 2.09. The molecule has 0 aliphatic carbocycles. The average molecular weight is 178 g/mol. The van der Waals surface area contributed by atoms with Gasteiger partial charge in [0, 0.05) is 11.9 Å². The molecule has 0 amide bonds. The number of nitrogens with one attached hydrogen (secondary N) is 1. The highest BCUT2D eigenvalue weighted by atomic mass is 19.2. The van der Waals surface area contributed by atoms with Crippen LogP contribution in [0, 0.1) is 0 Å². The van der Waals surface area contributed by atoms with Gasteiger partial charge in [0.15, 0.2) is 0 Å². The van der Waals surface area contributed by atoms with Crippen LogP contribution < -0.4 is 5.32 Å². The second kappa shape index (κ2) is 3.18. The van der Waals surface area contributed by atoms with E-state index in [1.54, 1.807) is 13.1 Å². The molecule has 0 aliphatic rings. The van der Waals surface area contributed by atoms with E-state index in [1.807, 2.05) is 24.3 Å². The Balaban J connectivity index is 2.60. The topological polar surface area (TPSA) is 17.0 Å². The maximum Gasteiger partial charge on any atom is 0.0816 e. The summed E-state index contributed by atoms with van der Waals surface area (Å²) >= 11 is 0. The van der Waals surface area contributed by atoms with Crippen molar-refractivity contribution in [3.05, 3.63) is 36.0 Å². The van der Waals surface area contributed by atoms with Crippen LogP contribution in [0.15, 0.2) is 30.3 Å². The Hall–Kier alpha value is -1.35. The highest BCUT2D eigenvalue weighted by molar-refractivity contribution is 5.80. The zero-order valence-electron chi connectivity index (χ0n) is 7.42. The molecule has 0 saturated carbocycles. The Labute approximate surface area is 75.9 Å². The molecule has 0 radical (unpaired) electrons. The molecule has 1 N–H and O–H groups in total. The molecule has 13 heavy (non-hydrogen) atoms. The fraction of sp³-hybridized carbons (Fsp3) is 0.200. The maximum absolute atomic E-state index is 13.5. The number of aromatic nitrogens is 1. The van der Waals surface area contributed by atoms with Crippen LogP contribution in [-0.4, -0.2) is 11.8 Å². The Bertz CT molecular complexity index is 420. The largest absolute Gasteiger partial charge is 0.314 e. The lowest BCUT2D eigenvalue weighted by atomic mass is 10.2. The van der Waals surface area contributed by atoms with E-state index in [9.17, 15) is 4.48 Å². The number of rotatable bonds is 2. The minimum atomic E-state index is 0.547. The van der Waals surface area contributed by atoms with Crippen LogP contribution >= 0.6 is 0 Å². The lowest BCUT2D eigenvalue weighted by molar-refractivity contribution is 0.368. The Morgan fingerprint density at radius 3 is 2.85 bits per heavy atom. The molecule has 1 aromatic carbocycles. The van der Waals surface area contributed by atoms with Crippen molar-refractivity contribution in [3.8, 4) is 0 Å². The van der Waals surface area contributed by atoms with Crippen molar-refractivity contribution < 1.29 is 4.48 Å². The van der Waals surface area contributed by atoms with Crippen LogP contribution in [0.4, 0.5) is 4.48 Å². The summed E-state index contributed by atoms with van der Waals surface area (Å²) < 4.78 is 13.5. The first-order valence-corrected chi connectivity index (χ1v) is 4.23. The van der Waals surface area contributed by atoms with Gasteiger partial charge < -0.3 is 5.32 Å². The van der Waals surface area contributed by atoms with Gasteiger partial charge in [-0.25, -0.2) is 0 Å². The van der Waals surface area contributed by atoms with Crippen molar-refractivity contribution in [2.75, 3.05) is 7.05 Å². The van der Waals surface area contributed by atoms with Gasteiger partial charge in [-0.2, -0.15) is 4.79 Å². The molecule has 2 nitrogen and oxygen atoms in total. The molecular formula is C10H11FN2. The van der Waals surface area contributed by atoms with Crippen molar-refractivity contribution in [3.63, 3.8) is 0 Å². The first-order valence-electron chi connectivity index (χ1n) is 4.23. The molecule has 0 bridgehead atoms. The third-order valence-electron chi connectivity index (χ3n) is 2.08. The first-order chi connectivity index (χ1) is 6.33. The van der Waals surface area contributed by atoms with Gasteiger partial charge in [-0.05, 0) is 19.2 Å². The SMILES string of the molecule is CNCc1cc2ccccc2n1F. The number of fused-ring (bicyclic) bond motifs is 1. The summed E-state index contributed by atoms with van der Waals surface area (Å²) in [7, 11) is 1.80. The zero-order chi connectivity index (χ0) is 9.26. The predicted molar refractivity (Wildman–Crippen MR) is 51.2 cm³/mol. The van der Waals surface area contributed by atoms with E-state index >= 15 is 0 Å². The van der Waals surface area contributed by atoms with E-state index < -0.39 is 0 Å². The van der Waals surface area contributed by atoms with Gasteiger partial charge in [-0.3, -0.25) is 0 Å². The summed E-state index contributed by atoms with van der Waals surface area (Å²) in [6, 6.07) is 9.28. The second-order valence-electron chi connectivity index (χ2n) is 3.01. The standard InChI is InChI=1S/C10H11FN2/c1-12-7-9-6-8-4-2-3-5-10(8)13(9)11/h2-6,12H,7H2,1H3. The second-order valence-corrected chi connectivity index (χ2v) is 3.01. The van der Waals surface area contributed by atoms with Gasteiger partial charge in [0.2, 0.25) is 0 Å². The minimum Gasteiger partial charge on any atom is -0.314 e. The lowest BCUT2D eigenvalue weighted by Crippen LogP contribution is -2.07. The number of para-hydroxylation sites is 1. The van der Waals surface area contributed by atoms with Gasteiger partial charge in [-0.1, -0.05) is 22.7 Å². The molecule has 2 rings (SSSR count). The molecule has 3 heteroatoms. The van der Waals surface area contributed by atoms with E-state index in [4.69, 9.17) is 0 Å². The number of nitrogens with zero attached hydrogens (tertiary/aromatic N) is 1. The van der Waals surface area contributed by atoms with Gasteiger partial charge in [0.1, 0.15) is 0 Å². The fourth-order valence-electron chi connectivity index (χ4n) is 1.48. The quantitative estimate of drug-likeness (QED) is 0.745. The van der Waals surface area contributed by atoms with Gasteiger partial charge in [0.05, 0.1) is 11.2 Å². The third kappa shape index (κ3) is 1.31. The lowest BCUT2D eigenvalue weighted by Gasteiger charge is -1.97. The molecule has 2 aromatic rings.